The maximum atomic E-state index is 8.92. The second kappa shape index (κ2) is 15.5. The van der Waals surface area contributed by atoms with Gasteiger partial charge in [-0.25, -0.2) is 4.99 Å². The van der Waals surface area contributed by atoms with E-state index in [1.165, 1.54) is 25.8 Å². The molecule has 30 heavy (non-hydrogen) atoms. The average molecular weight is 534 g/mol. The molecule has 0 bridgehead atoms. The molecule has 3 N–H and O–H groups in total. The van der Waals surface area contributed by atoms with E-state index in [0.29, 0.717) is 24.1 Å². The molecule has 0 saturated carbocycles. The number of methoxy groups -OCH3 is 1. The van der Waals surface area contributed by atoms with Gasteiger partial charge in [0.15, 0.2) is 17.5 Å². The SMILES string of the molecule is CCNC(=NCc1ccc(OCCO)c(OC)c1)NCCCN1CCCCC1C.I. The van der Waals surface area contributed by atoms with Crippen molar-refractivity contribution in [2.45, 2.75) is 52.1 Å². The molecule has 1 aromatic carbocycles. The first-order chi connectivity index (χ1) is 14.2. The highest BCUT2D eigenvalue weighted by molar-refractivity contribution is 14.0. The minimum atomic E-state index is -0.0242. The van der Waals surface area contributed by atoms with E-state index in [9.17, 15) is 0 Å². The van der Waals surface area contributed by atoms with Crippen LogP contribution >= 0.6 is 24.0 Å². The van der Waals surface area contributed by atoms with Gasteiger partial charge in [0, 0.05) is 25.7 Å². The van der Waals surface area contributed by atoms with Crippen LogP contribution in [0.15, 0.2) is 23.2 Å². The quantitative estimate of drug-likeness (QED) is 0.175. The van der Waals surface area contributed by atoms with E-state index >= 15 is 0 Å². The first kappa shape index (κ1) is 26.8. The molecule has 0 amide bonds. The Labute approximate surface area is 198 Å². The molecule has 0 aromatic heterocycles. The molecule has 1 unspecified atom stereocenters. The molecule has 2 rings (SSSR count). The van der Waals surface area contributed by atoms with Gasteiger partial charge in [-0.1, -0.05) is 12.5 Å². The highest BCUT2D eigenvalue weighted by atomic mass is 127. The number of aliphatic imine (C=N–C) groups is 1. The normalized spacial score (nSPS) is 17.2. The zero-order chi connectivity index (χ0) is 20.9. The summed E-state index contributed by atoms with van der Waals surface area (Å²) >= 11 is 0. The van der Waals surface area contributed by atoms with Crippen LogP contribution in [-0.2, 0) is 6.54 Å². The summed E-state index contributed by atoms with van der Waals surface area (Å²) in [6.07, 6.45) is 5.13. The number of piperidine rings is 1. The first-order valence-corrected chi connectivity index (χ1v) is 10.8. The molecule has 1 aromatic rings. The molecule has 0 spiro atoms. The van der Waals surface area contributed by atoms with Crippen LogP contribution in [0.25, 0.3) is 0 Å². The summed E-state index contributed by atoms with van der Waals surface area (Å²) in [4.78, 5) is 7.29. The van der Waals surface area contributed by atoms with Crippen LogP contribution in [0.2, 0.25) is 0 Å². The lowest BCUT2D eigenvalue weighted by atomic mass is 10.0. The Kier molecular flexibility index (Phi) is 13.9. The minimum Gasteiger partial charge on any atom is -0.493 e. The number of nitrogens with one attached hydrogen (secondary N) is 2. The molecule has 0 radical (unpaired) electrons. The molecule has 8 heteroatoms. The van der Waals surface area contributed by atoms with E-state index in [0.717, 1.165) is 37.6 Å². The maximum absolute atomic E-state index is 8.92. The number of aliphatic hydroxyl groups excluding tert-OH is 1. The molecule has 1 saturated heterocycles. The second-order valence-corrected chi connectivity index (χ2v) is 7.41. The van der Waals surface area contributed by atoms with Crippen LogP contribution in [0.4, 0.5) is 0 Å². The Morgan fingerprint density at radius 1 is 1.27 bits per heavy atom. The third-order valence-electron chi connectivity index (χ3n) is 5.20. The fourth-order valence-corrected chi connectivity index (χ4v) is 3.58. The number of benzene rings is 1. The number of aliphatic hydroxyl groups is 1. The fraction of sp³-hybridized carbons (Fsp3) is 0.682. The number of hydrogen-bond acceptors (Lipinski definition) is 5. The number of ether oxygens (including phenoxy) is 2. The Bertz CT molecular complexity index is 630. The van der Waals surface area contributed by atoms with Crippen molar-refractivity contribution in [3.8, 4) is 11.5 Å². The van der Waals surface area contributed by atoms with Crippen LogP contribution in [0.5, 0.6) is 11.5 Å². The molecule has 1 fully saturated rings. The van der Waals surface area contributed by atoms with Gasteiger partial charge in [-0.2, -0.15) is 0 Å². The topological polar surface area (TPSA) is 78.4 Å². The number of hydrogen-bond donors (Lipinski definition) is 3. The number of likely N-dealkylation sites (tertiary alicyclic amines) is 1. The van der Waals surface area contributed by atoms with E-state index in [1.807, 2.05) is 18.2 Å². The smallest absolute Gasteiger partial charge is 0.191 e. The minimum absolute atomic E-state index is 0. The predicted octanol–water partition coefficient (Wildman–Crippen LogP) is 3.00. The molecule has 1 atom stereocenters. The van der Waals surface area contributed by atoms with E-state index in [1.54, 1.807) is 7.11 Å². The molecule has 0 aliphatic carbocycles. The van der Waals surface area contributed by atoms with Crippen molar-refractivity contribution in [2.24, 2.45) is 4.99 Å². The summed E-state index contributed by atoms with van der Waals surface area (Å²) in [7, 11) is 1.61. The van der Waals surface area contributed by atoms with Gasteiger partial charge < -0.3 is 30.1 Å². The van der Waals surface area contributed by atoms with Gasteiger partial charge in [-0.05, 0) is 57.4 Å². The van der Waals surface area contributed by atoms with Gasteiger partial charge in [-0.3, -0.25) is 0 Å². The van der Waals surface area contributed by atoms with Crippen LogP contribution in [-0.4, -0.2) is 68.5 Å². The zero-order valence-corrected chi connectivity index (χ0v) is 21.0. The second-order valence-electron chi connectivity index (χ2n) is 7.41. The summed E-state index contributed by atoms with van der Waals surface area (Å²) in [5.74, 6) is 2.12. The number of guanidine groups is 1. The summed E-state index contributed by atoms with van der Waals surface area (Å²) in [6.45, 7) is 9.29. The lowest BCUT2D eigenvalue weighted by Crippen LogP contribution is -2.41. The molecular formula is C22H39IN4O3. The summed E-state index contributed by atoms with van der Waals surface area (Å²) in [5.41, 5.74) is 1.04. The summed E-state index contributed by atoms with van der Waals surface area (Å²) in [6, 6.07) is 6.47. The summed E-state index contributed by atoms with van der Waals surface area (Å²) in [5, 5.41) is 15.7. The van der Waals surface area contributed by atoms with Gasteiger partial charge in [-0.15, -0.1) is 24.0 Å². The predicted molar refractivity (Wildman–Crippen MR) is 133 cm³/mol. The summed E-state index contributed by atoms with van der Waals surface area (Å²) < 4.78 is 10.9. The third-order valence-corrected chi connectivity index (χ3v) is 5.20. The van der Waals surface area contributed by atoms with Gasteiger partial charge >= 0.3 is 0 Å². The Morgan fingerprint density at radius 2 is 2.10 bits per heavy atom. The van der Waals surface area contributed by atoms with Crippen molar-refractivity contribution in [1.82, 2.24) is 15.5 Å². The molecule has 1 aliphatic rings. The van der Waals surface area contributed by atoms with E-state index in [2.05, 4.69) is 29.4 Å². The number of nitrogens with zero attached hydrogens (tertiary/aromatic N) is 2. The van der Waals surface area contributed by atoms with Crippen molar-refractivity contribution in [3.05, 3.63) is 23.8 Å². The maximum Gasteiger partial charge on any atom is 0.191 e. The average Bonchev–Trinajstić information content (AvgIpc) is 2.74. The van der Waals surface area contributed by atoms with Crippen molar-refractivity contribution in [1.29, 1.82) is 0 Å². The van der Waals surface area contributed by atoms with E-state index in [-0.39, 0.29) is 37.2 Å². The highest BCUT2D eigenvalue weighted by Gasteiger charge is 2.17. The van der Waals surface area contributed by atoms with E-state index in [4.69, 9.17) is 19.6 Å². The number of rotatable bonds is 11. The van der Waals surface area contributed by atoms with Crippen LogP contribution in [0, 0.1) is 0 Å². The lowest BCUT2D eigenvalue weighted by molar-refractivity contribution is 0.159. The third kappa shape index (κ3) is 9.26. The highest BCUT2D eigenvalue weighted by Crippen LogP contribution is 2.28. The molecule has 172 valence electrons. The Morgan fingerprint density at radius 3 is 2.80 bits per heavy atom. The fourth-order valence-electron chi connectivity index (χ4n) is 3.58. The number of halogens is 1. The molecule has 1 aliphatic heterocycles. The monoisotopic (exact) mass is 534 g/mol. The van der Waals surface area contributed by atoms with Crippen LogP contribution in [0.1, 0.15) is 45.1 Å². The van der Waals surface area contributed by atoms with Gasteiger partial charge in [0.25, 0.3) is 0 Å². The largest absolute Gasteiger partial charge is 0.493 e. The lowest BCUT2D eigenvalue weighted by Gasteiger charge is -2.33. The molecule has 7 nitrogen and oxygen atoms in total. The van der Waals surface area contributed by atoms with Crippen molar-refractivity contribution in [2.75, 3.05) is 46.5 Å². The first-order valence-electron chi connectivity index (χ1n) is 10.8. The van der Waals surface area contributed by atoms with Crippen molar-refractivity contribution < 1.29 is 14.6 Å². The van der Waals surface area contributed by atoms with Crippen LogP contribution in [0.3, 0.4) is 0 Å². The van der Waals surface area contributed by atoms with Crippen molar-refractivity contribution >= 4 is 29.9 Å². The zero-order valence-electron chi connectivity index (χ0n) is 18.7. The standard InChI is InChI=1S/C22H38N4O3.HI/c1-4-23-22(24-11-7-13-26-12-6-5-8-18(26)2)25-17-19-9-10-20(29-15-14-27)21(16-19)28-3;/h9-10,16,18,27H,4-8,11-15,17H2,1-3H3,(H2,23,24,25);1H. The Hall–Kier alpha value is -1.26. The van der Waals surface area contributed by atoms with Gasteiger partial charge in [0.05, 0.1) is 20.3 Å². The van der Waals surface area contributed by atoms with E-state index < -0.39 is 0 Å². The Balaban J connectivity index is 0.00000450. The van der Waals surface area contributed by atoms with Gasteiger partial charge in [0.2, 0.25) is 0 Å². The molecule has 1 heterocycles. The van der Waals surface area contributed by atoms with Crippen LogP contribution < -0.4 is 20.1 Å². The molecular weight excluding hydrogens is 495 g/mol. The van der Waals surface area contributed by atoms with Crippen molar-refractivity contribution in [3.63, 3.8) is 0 Å². The van der Waals surface area contributed by atoms with Gasteiger partial charge in [0.1, 0.15) is 6.61 Å².